The van der Waals surface area contributed by atoms with E-state index in [4.69, 9.17) is 5.73 Å². The molecule has 1 saturated carbocycles. The smallest absolute Gasteiger partial charge is 0.270 e. The van der Waals surface area contributed by atoms with E-state index in [0.717, 1.165) is 25.3 Å². The Morgan fingerprint density at radius 1 is 1.32 bits per heavy atom. The average Bonchev–Trinajstić information content (AvgIpc) is 2.58. The van der Waals surface area contributed by atoms with Gasteiger partial charge in [-0.1, -0.05) is 12.5 Å². The fourth-order valence-electron chi connectivity index (χ4n) is 2.83. The number of hydrogen-bond acceptors (Lipinski definition) is 6. The maximum absolute atomic E-state index is 12.1. The number of nitrogens with zero attached hydrogens (tertiary/aromatic N) is 1. The molecule has 2 rings (SSSR count). The number of carbonyl (C=O) groups excluding carboxylic acids is 1. The number of nitrogens with one attached hydrogen (secondary N) is 2. The van der Waals surface area contributed by atoms with Gasteiger partial charge in [0.25, 0.3) is 5.69 Å². The SMILES string of the molecule is NC1CCCC(C(=O)NCCNS(=O)(=O)c2cccc([N+](=O)[O-])c2)C1. The highest BCUT2D eigenvalue weighted by molar-refractivity contribution is 7.89. The third-order valence-corrected chi connectivity index (χ3v) is 5.60. The standard InChI is InChI=1S/C15H22N4O5S/c16-12-4-1-3-11(9-12)15(20)17-7-8-18-25(23,24)14-6-2-5-13(10-14)19(21)22/h2,5-6,10-12,18H,1,3-4,7-9,16H2,(H,17,20). The van der Waals surface area contributed by atoms with Crippen molar-refractivity contribution in [3.63, 3.8) is 0 Å². The summed E-state index contributed by atoms with van der Waals surface area (Å²) in [6.07, 6.45) is 3.27. The predicted molar refractivity (Wildman–Crippen MR) is 91.2 cm³/mol. The molecule has 0 spiro atoms. The molecule has 2 atom stereocenters. The first-order valence-corrected chi connectivity index (χ1v) is 9.55. The van der Waals surface area contributed by atoms with Gasteiger partial charge in [-0.05, 0) is 25.3 Å². The monoisotopic (exact) mass is 370 g/mol. The van der Waals surface area contributed by atoms with Gasteiger partial charge in [-0.25, -0.2) is 13.1 Å². The van der Waals surface area contributed by atoms with Crippen molar-refractivity contribution in [3.8, 4) is 0 Å². The van der Waals surface area contributed by atoms with Crippen LogP contribution in [0.1, 0.15) is 25.7 Å². The summed E-state index contributed by atoms with van der Waals surface area (Å²) in [6, 6.07) is 4.83. The summed E-state index contributed by atoms with van der Waals surface area (Å²) in [6.45, 7) is 0.133. The second kappa shape index (κ2) is 8.37. The molecule has 0 heterocycles. The van der Waals surface area contributed by atoms with Crippen LogP contribution in [0.25, 0.3) is 0 Å². The molecule has 0 aromatic heterocycles. The number of carbonyl (C=O) groups is 1. The van der Waals surface area contributed by atoms with Crippen molar-refractivity contribution in [3.05, 3.63) is 34.4 Å². The van der Waals surface area contributed by atoms with Crippen molar-refractivity contribution in [2.75, 3.05) is 13.1 Å². The Hall–Kier alpha value is -2.04. The van der Waals surface area contributed by atoms with E-state index in [1.54, 1.807) is 0 Å². The summed E-state index contributed by atoms with van der Waals surface area (Å²) in [5.41, 5.74) is 5.55. The molecule has 138 valence electrons. The molecule has 0 bridgehead atoms. The number of nitro benzene ring substituents is 1. The summed E-state index contributed by atoms with van der Waals surface area (Å²) in [7, 11) is -3.87. The second-order valence-electron chi connectivity index (χ2n) is 6.07. The number of nitro groups is 1. The zero-order valence-electron chi connectivity index (χ0n) is 13.7. The van der Waals surface area contributed by atoms with Crippen LogP contribution in [0.2, 0.25) is 0 Å². The first-order valence-electron chi connectivity index (χ1n) is 8.07. The normalized spacial score (nSPS) is 20.8. The Balaban J connectivity index is 1.83. The van der Waals surface area contributed by atoms with Crippen LogP contribution in [0, 0.1) is 16.0 Å². The van der Waals surface area contributed by atoms with E-state index in [0.29, 0.717) is 6.42 Å². The van der Waals surface area contributed by atoms with Crippen molar-refractivity contribution in [2.24, 2.45) is 11.7 Å². The van der Waals surface area contributed by atoms with E-state index in [-0.39, 0.29) is 41.5 Å². The second-order valence-corrected chi connectivity index (χ2v) is 7.83. The van der Waals surface area contributed by atoms with Crippen LogP contribution in [-0.2, 0) is 14.8 Å². The minimum atomic E-state index is -3.87. The fourth-order valence-corrected chi connectivity index (χ4v) is 3.90. The molecule has 1 aliphatic carbocycles. The third kappa shape index (κ3) is 5.48. The molecule has 0 aliphatic heterocycles. The number of sulfonamides is 1. The summed E-state index contributed by atoms with van der Waals surface area (Å²) >= 11 is 0. The Morgan fingerprint density at radius 3 is 2.76 bits per heavy atom. The van der Waals surface area contributed by atoms with Gasteiger partial charge in [-0.15, -0.1) is 0 Å². The van der Waals surface area contributed by atoms with Gasteiger partial charge in [0.15, 0.2) is 0 Å². The lowest BCUT2D eigenvalue weighted by atomic mass is 9.85. The van der Waals surface area contributed by atoms with E-state index < -0.39 is 14.9 Å². The highest BCUT2D eigenvalue weighted by Gasteiger charge is 2.25. The van der Waals surface area contributed by atoms with Crippen LogP contribution in [0.5, 0.6) is 0 Å². The largest absolute Gasteiger partial charge is 0.355 e. The third-order valence-electron chi connectivity index (χ3n) is 4.14. The molecule has 2 unspecified atom stereocenters. The van der Waals surface area contributed by atoms with Gasteiger partial charge in [0.1, 0.15) is 0 Å². The topological polar surface area (TPSA) is 144 Å². The fraction of sp³-hybridized carbons (Fsp3) is 0.533. The summed E-state index contributed by atoms with van der Waals surface area (Å²) in [4.78, 5) is 21.9. The molecular weight excluding hydrogens is 348 g/mol. The Labute approximate surface area is 146 Å². The lowest BCUT2D eigenvalue weighted by Gasteiger charge is -2.25. The van der Waals surface area contributed by atoms with Crippen LogP contribution in [-0.4, -0.2) is 38.4 Å². The molecule has 1 amide bonds. The summed E-state index contributed by atoms with van der Waals surface area (Å²) in [5, 5.41) is 13.4. The van der Waals surface area contributed by atoms with Gasteiger partial charge < -0.3 is 11.1 Å². The zero-order valence-corrected chi connectivity index (χ0v) is 14.5. The van der Waals surface area contributed by atoms with Crippen molar-refractivity contribution >= 4 is 21.6 Å². The van der Waals surface area contributed by atoms with Crippen molar-refractivity contribution < 1.29 is 18.1 Å². The van der Waals surface area contributed by atoms with E-state index in [1.165, 1.54) is 18.2 Å². The molecule has 0 saturated heterocycles. The van der Waals surface area contributed by atoms with Crippen LogP contribution in [0.15, 0.2) is 29.2 Å². The van der Waals surface area contributed by atoms with Gasteiger partial charge >= 0.3 is 0 Å². The number of benzene rings is 1. The van der Waals surface area contributed by atoms with Crippen LogP contribution in [0.3, 0.4) is 0 Å². The quantitative estimate of drug-likeness (QED) is 0.362. The molecule has 1 aromatic rings. The Bertz CT molecular complexity index is 737. The molecular formula is C15H22N4O5S. The number of amides is 1. The first kappa shape index (κ1) is 19.3. The molecule has 9 nitrogen and oxygen atoms in total. The van der Waals surface area contributed by atoms with E-state index in [1.807, 2.05) is 0 Å². The number of rotatable bonds is 7. The predicted octanol–water partition coefficient (Wildman–Crippen LogP) is 0.507. The highest BCUT2D eigenvalue weighted by Crippen LogP contribution is 2.23. The molecule has 25 heavy (non-hydrogen) atoms. The van der Waals surface area contributed by atoms with E-state index >= 15 is 0 Å². The molecule has 4 N–H and O–H groups in total. The minimum absolute atomic E-state index is 0.00443. The van der Waals surface area contributed by atoms with Gasteiger partial charge in [0.2, 0.25) is 15.9 Å². The molecule has 1 fully saturated rings. The minimum Gasteiger partial charge on any atom is -0.355 e. The molecule has 1 aromatic carbocycles. The maximum Gasteiger partial charge on any atom is 0.270 e. The maximum atomic E-state index is 12.1. The van der Waals surface area contributed by atoms with Gasteiger partial charge in [-0.3, -0.25) is 14.9 Å². The molecule has 10 heteroatoms. The average molecular weight is 370 g/mol. The van der Waals surface area contributed by atoms with Crippen LogP contribution in [0.4, 0.5) is 5.69 Å². The Kier molecular flexibility index (Phi) is 6.45. The first-order chi connectivity index (χ1) is 11.8. The molecule has 1 aliphatic rings. The number of nitrogens with two attached hydrogens (primary N) is 1. The highest BCUT2D eigenvalue weighted by atomic mass is 32.2. The van der Waals surface area contributed by atoms with Crippen LogP contribution >= 0.6 is 0 Å². The van der Waals surface area contributed by atoms with Gasteiger partial charge in [0, 0.05) is 37.2 Å². The van der Waals surface area contributed by atoms with Gasteiger partial charge in [0.05, 0.1) is 9.82 Å². The van der Waals surface area contributed by atoms with E-state index in [9.17, 15) is 23.3 Å². The van der Waals surface area contributed by atoms with Crippen molar-refractivity contribution in [1.82, 2.24) is 10.0 Å². The molecule has 0 radical (unpaired) electrons. The number of hydrogen-bond donors (Lipinski definition) is 3. The number of non-ortho nitro benzene ring substituents is 1. The zero-order chi connectivity index (χ0) is 18.4. The lowest BCUT2D eigenvalue weighted by Crippen LogP contribution is -2.40. The van der Waals surface area contributed by atoms with Crippen LogP contribution < -0.4 is 15.8 Å². The lowest BCUT2D eigenvalue weighted by molar-refractivity contribution is -0.385. The van der Waals surface area contributed by atoms with E-state index in [2.05, 4.69) is 10.0 Å². The summed E-state index contributed by atoms with van der Waals surface area (Å²) < 4.78 is 26.6. The van der Waals surface area contributed by atoms with Crippen molar-refractivity contribution in [2.45, 2.75) is 36.6 Å². The summed E-state index contributed by atoms with van der Waals surface area (Å²) in [5.74, 6) is -0.248. The Morgan fingerprint density at radius 2 is 2.08 bits per heavy atom. The van der Waals surface area contributed by atoms with Gasteiger partial charge in [-0.2, -0.15) is 0 Å². The van der Waals surface area contributed by atoms with Crippen molar-refractivity contribution in [1.29, 1.82) is 0 Å².